The Kier molecular flexibility index (Phi) is 8.97. The smallest absolute Gasteiger partial charge is 0.282 e. The summed E-state index contributed by atoms with van der Waals surface area (Å²) in [6.07, 6.45) is 8.93. The number of nitrogens with one attached hydrogen (secondary N) is 2. The molecule has 4 aliphatic rings. The van der Waals surface area contributed by atoms with Crippen LogP contribution in [-0.4, -0.2) is 92.5 Å². The number of halogens is 4. The van der Waals surface area contributed by atoms with Crippen molar-refractivity contribution in [2.45, 2.75) is 74.8 Å². The van der Waals surface area contributed by atoms with Crippen LogP contribution >= 0.6 is 22.7 Å². The summed E-state index contributed by atoms with van der Waals surface area (Å²) in [6, 6.07) is 3.34. The minimum Gasteiger partial charge on any atom is -0.344 e. The average molecular weight is 705 g/mol. The summed E-state index contributed by atoms with van der Waals surface area (Å²) in [5, 5.41) is 25.2. The number of amides is 2. The molecule has 3 aromatic heterocycles. The van der Waals surface area contributed by atoms with Gasteiger partial charge in [0.2, 0.25) is 22.1 Å². The summed E-state index contributed by atoms with van der Waals surface area (Å²) in [4.78, 5) is 37.0. The van der Waals surface area contributed by atoms with Crippen molar-refractivity contribution in [3.05, 3.63) is 45.6 Å². The van der Waals surface area contributed by atoms with E-state index >= 15 is 0 Å². The van der Waals surface area contributed by atoms with E-state index in [4.69, 9.17) is 0 Å². The fourth-order valence-corrected chi connectivity index (χ4v) is 8.10. The number of anilines is 3. The number of nitrogens with zero attached hydrogens (tertiary/aromatic N) is 8. The van der Waals surface area contributed by atoms with Crippen LogP contribution in [0.25, 0.3) is 0 Å². The number of pyridine rings is 1. The topological polar surface area (TPSA) is 141 Å². The Morgan fingerprint density at radius 3 is 2.02 bits per heavy atom. The number of aliphatic imine (C=N–C) groups is 1. The summed E-state index contributed by atoms with van der Waals surface area (Å²) in [5.74, 6) is -5.10. The largest absolute Gasteiger partial charge is 0.344 e. The maximum Gasteiger partial charge on any atom is 0.282 e. The van der Waals surface area contributed by atoms with Gasteiger partial charge >= 0.3 is 0 Å². The first-order chi connectivity index (χ1) is 23.0. The molecule has 3 aromatic rings. The Bertz CT molecular complexity index is 1710. The van der Waals surface area contributed by atoms with Crippen molar-refractivity contribution in [3.8, 4) is 0 Å². The second-order valence-corrected chi connectivity index (χ2v) is 14.7. The first-order valence-electron chi connectivity index (χ1n) is 15.7. The molecule has 0 bridgehead atoms. The first-order valence-corrected chi connectivity index (χ1v) is 17.3. The average Bonchev–Trinajstić information content (AvgIpc) is 3.69. The first kappa shape index (κ1) is 32.6. The molecule has 2 amide bonds. The van der Waals surface area contributed by atoms with Crippen LogP contribution in [-0.2, 0) is 16.0 Å². The molecule has 7 rings (SSSR count). The zero-order valence-electron chi connectivity index (χ0n) is 25.6. The molecule has 1 saturated carbocycles. The van der Waals surface area contributed by atoms with Crippen molar-refractivity contribution in [1.82, 2.24) is 30.3 Å². The summed E-state index contributed by atoms with van der Waals surface area (Å²) in [6.45, 7) is -1.28. The highest BCUT2D eigenvalue weighted by Gasteiger charge is 2.47. The molecular weight excluding hydrogens is 673 g/mol. The van der Waals surface area contributed by atoms with Crippen LogP contribution in [0.5, 0.6) is 0 Å². The number of rotatable bonds is 10. The Labute approximate surface area is 280 Å². The molecular formula is C30H32F4N10O2S2. The molecule has 3 atom stereocenters. The van der Waals surface area contributed by atoms with E-state index in [1.165, 1.54) is 33.8 Å². The fraction of sp³-hybridized carbons (Fsp3) is 0.533. The molecule has 254 valence electrons. The summed E-state index contributed by atoms with van der Waals surface area (Å²) in [5.41, 5.74) is 1.39. The van der Waals surface area contributed by atoms with Gasteiger partial charge in [0.05, 0.1) is 39.0 Å². The zero-order chi connectivity index (χ0) is 33.5. The van der Waals surface area contributed by atoms with Crippen LogP contribution < -0.4 is 15.5 Å². The van der Waals surface area contributed by atoms with Gasteiger partial charge in [-0.15, -0.1) is 20.4 Å². The molecule has 6 heterocycles. The second kappa shape index (κ2) is 13.2. The van der Waals surface area contributed by atoms with Crippen molar-refractivity contribution in [3.63, 3.8) is 0 Å². The highest BCUT2D eigenvalue weighted by molar-refractivity contribution is 7.15. The highest BCUT2D eigenvalue weighted by atomic mass is 32.1. The summed E-state index contributed by atoms with van der Waals surface area (Å²) >= 11 is 2.69. The van der Waals surface area contributed by atoms with Crippen LogP contribution in [0.15, 0.2) is 35.0 Å². The highest BCUT2D eigenvalue weighted by Crippen LogP contribution is 2.43. The number of carbonyl (C=O) groups excluding carboxylic acids is 2. The molecule has 2 saturated heterocycles. The minimum atomic E-state index is -2.68. The van der Waals surface area contributed by atoms with Crippen molar-refractivity contribution >= 4 is 56.8 Å². The second-order valence-electron chi connectivity index (χ2n) is 12.7. The number of aromatic nitrogens is 5. The molecule has 0 spiro atoms. The molecule has 1 aliphatic carbocycles. The predicted molar refractivity (Wildman–Crippen MR) is 172 cm³/mol. The third kappa shape index (κ3) is 7.70. The number of hydrogen-bond acceptors (Lipinski definition) is 12. The van der Waals surface area contributed by atoms with Crippen LogP contribution in [0.4, 0.5) is 33.6 Å². The number of alkyl halides is 4. The van der Waals surface area contributed by atoms with Gasteiger partial charge < -0.3 is 15.5 Å². The molecule has 3 aliphatic heterocycles. The summed E-state index contributed by atoms with van der Waals surface area (Å²) < 4.78 is 52.6. The normalized spacial score (nSPS) is 24.7. The Morgan fingerprint density at radius 1 is 0.854 bits per heavy atom. The predicted octanol–water partition coefficient (Wildman–Crippen LogP) is 4.87. The van der Waals surface area contributed by atoms with E-state index in [1.807, 2.05) is 6.08 Å². The lowest BCUT2D eigenvalue weighted by Gasteiger charge is -2.42. The Hall–Kier alpha value is -3.90. The third-order valence-electron chi connectivity index (χ3n) is 8.75. The third-order valence-corrected chi connectivity index (χ3v) is 10.7. The van der Waals surface area contributed by atoms with Gasteiger partial charge in [0.1, 0.15) is 22.0 Å². The van der Waals surface area contributed by atoms with Gasteiger partial charge in [-0.2, -0.15) is 0 Å². The maximum absolute atomic E-state index is 13.2. The van der Waals surface area contributed by atoms with E-state index in [0.29, 0.717) is 28.1 Å². The Balaban J connectivity index is 0.864. The molecule has 3 unspecified atom stereocenters. The van der Waals surface area contributed by atoms with Crippen molar-refractivity contribution in [2.24, 2.45) is 4.99 Å². The standard InChI is InChI=1S/C30H32F4N10O2S2/c31-29(32)13-43(14-29)21-6-4-17(11-35-21)8-23(45)37-27-41-39-25(47-27)19-2-1-3-20(10-19)26-40-42-28(48-26)38-24(46)9-18-5-7-22(36-12-18)44-15-30(33,34)16-44/h4-6,11-12,19-20,22H,1-3,7-10,13-16H2,(H,37,41,45)(H,38,42,46). The van der Waals surface area contributed by atoms with E-state index in [1.54, 1.807) is 23.2 Å². The van der Waals surface area contributed by atoms with E-state index in [0.717, 1.165) is 41.3 Å². The molecule has 3 fully saturated rings. The quantitative estimate of drug-likeness (QED) is 0.283. The van der Waals surface area contributed by atoms with E-state index in [2.05, 4.69) is 41.0 Å². The van der Waals surface area contributed by atoms with E-state index in [9.17, 15) is 27.2 Å². The minimum absolute atomic E-state index is 0.0634. The molecule has 48 heavy (non-hydrogen) atoms. The van der Waals surface area contributed by atoms with Crippen molar-refractivity contribution in [1.29, 1.82) is 0 Å². The van der Waals surface area contributed by atoms with Crippen LogP contribution in [0.3, 0.4) is 0 Å². The van der Waals surface area contributed by atoms with Gasteiger partial charge in [-0.1, -0.05) is 41.2 Å². The SMILES string of the molecule is O=C(CC1=CCC(N2CC(F)(F)C2)N=C1)Nc1nnc(C2CCCC(c3nnc(NC(=O)Cc4ccc(N5CC(F)(F)C5)nc4)s3)C2)s1. The van der Waals surface area contributed by atoms with Crippen LogP contribution in [0.1, 0.15) is 65.9 Å². The van der Waals surface area contributed by atoms with Crippen molar-refractivity contribution < 1.29 is 27.2 Å². The fourth-order valence-electron chi connectivity index (χ4n) is 6.29. The van der Waals surface area contributed by atoms with E-state index in [-0.39, 0.29) is 68.8 Å². The Morgan fingerprint density at radius 2 is 1.48 bits per heavy atom. The van der Waals surface area contributed by atoms with Gasteiger partial charge in [0, 0.05) is 30.7 Å². The number of dihydropyridines is 1. The molecule has 18 heteroatoms. The van der Waals surface area contributed by atoms with Crippen molar-refractivity contribution in [2.75, 3.05) is 41.7 Å². The van der Waals surface area contributed by atoms with Gasteiger partial charge in [-0.3, -0.25) is 19.5 Å². The lowest BCUT2D eigenvalue weighted by atomic mass is 9.82. The van der Waals surface area contributed by atoms with Gasteiger partial charge in [-0.05, 0) is 36.5 Å². The monoisotopic (exact) mass is 704 g/mol. The summed E-state index contributed by atoms with van der Waals surface area (Å²) in [7, 11) is 0. The van der Waals surface area contributed by atoms with E-state index < -0.39 is 11.8 Å². The lowest BCUT2D eigenvalue weighted by Crippen LogP contribution is -2.59. The van der Waals surface area contributed by atoms with Crippen LogP contribution in [0, 0.1) is 0 Å². The number of hydrogen-bond donors (Lipinski definition) is 2. The molecule has 12 nitrogen and oxygen atoms in total. The molecule has 2 N–H and O–H groups in total. The van der Waals surface area contributed by atoms with Gasteiger partial charge in [0.25, 0.3) is 11.8 Å². The van der Waals surface area contributed by atoms with Gasteiger partial charge in [0.15, 0.2) is 0 Å². The lowest BCUT2D eigenvalue weighted by molar-refractivity contribution is -0.144. The number of carbonyl (C=O) groups is 2. The molecule has 0 radical (unpaired) electrons. The number of likely N-dealkylation sites (tertiary alicyclic amines) is 1. The van der Waals surface area contributed by atoms with Gasteiger partial charge in [-0.25, -0.2) is 22.5 Å². The van der Waals surface area contributed by atoms with Crippen LogP contribution in [0.2, 0.25) is 0 Å². The maximum atomic E-state index is 13.2. The molecule has 0 aromatic carbocycles. The zero-order valence-corrected chi connectivity index (χ0v) is 27.3.